The molecule has 8 heteroatoms. The lowest BCUT2D eigenvalue weighted by molar-refractivity contribution is 0.0691. The molecule has 2 N–H and O–H groups in total. The first-order valence-electron chi connectivity index (χ1n) is 5.65. The third kappa shape index (κ3) is 4.67. The van der Waals surface area contributed by atoms with Crippen LogP contribution >= 0.6 is 0 Å². The van der Waals surface area contributed by atoms with E-state index in [1.807, 2.05) is 6.07 Å². The van der Waals surface area contributed by atoms with Crippen molar-refractivity contribution in [1.29, 1.82) is 5.26 Å². The van der Waals surface area contributed by atoms with Gasteiger partial charge in [0, 0.05) is 32.9 Å². The summed E-state index contributed by atoms with van der Waals surface area (Å²) < 4.78 is 1.58. The highest BCUT2D eigenvalue weighted by molar-refractivity contribution is 5.84. The Bertz CT molecular complexity index is 491. The third-order valence-corrected chi connectivity index (χ3v) is 2.40. The summed E-state index contributed by atoms with van der Waals surface area (Å²) in [5.74, 6) is -1.08. The fourth-order valence-electron chi connectivity index (χ4n) is 1.34. The second-order valence-corrected chi connectivity index (χ2v) is 3.86. The van der Waals surface area contributed by atoms with E-state index in [9.17, 15) is 9.59 Å². The maximum absolute atomic E-state index is 11.5. The summed E-state index contributed by atoms with van der Waals surface area (Å²) in [7, 11) is 1.60. The molecular formula is C11H15N5O3. The summed E-state index contributed by atoms with van der Waals surface area (Å²) in [5, 5.41) is 19.8. The SMILES string of the molecule is CN(CCC#N)C(=O)NCCn1cnc(C(=O)O)c1. The summed E-state index contributed by atoms with van der Waals surface area (Å²) in [6.07, 6.45) is 3.08. The molecule has 0 aliphatic heterocycles. The first kappa shape index (κ1) is 14.5. The second-order valence-electron chi connectivity index (χ2n) is 3.86. The van der Waals surface area contributed by atoms with Crippen LogP contribution in [0.4, 0.5) is 4.79 Å². The van der Waals surface area contributed by atoms with Gasteiger partial charge in [-0.15, -0.1) is 0 Å². The maximum Gasteiger partial charge on any atom is 0.356 e. The summed E-state index contributed by atoms with van der Waals surface area (Å²) >= 11 is 0. The highest BCUT2D eigenvalue weighted by atomic mass is 16.4. The van der Waals surface area contributed by atoms with Crippen LogP contribution in [0.25, 0.3) is 0 Å². The molecule has 19 heavy (non-hydrogen) atoms. The number of hydrogen-bond donors (Lipinski definition) is 2. The molecule has 0 aromatic carbocycles. The Morgan fingerprint density at radius 3 is 2.95 bits per heavy atom. The van der Waals surface area contributed by atoms with E-state index in [-0.39, 0.29) is 18.1 Å². The minimum Gasteiger partial charge on any atom is -0.476 e. The number of carbonyl (C=O) groups is 2. The van der Waals surface area contributed by atoms with E-state index in [4.69, 9.17) is 10.4 Å². The number of carboxylic acid groups (broad SMARTS) is 1. The van der Waals surface area contributed by atoms with Crippen LogP contribution in [-0.4, -0.2) is 51.7 Å². The van der Waals surface area contributed by atoms with Crippen LogP contribution in [0.3, 0.4) is 0 Å². The van der Waals surface area contributed by atoms with Crippen LogP contribution < -0.4 is 5.32 Å². The van der Waals surface area contributed by atoms with E-state index in [0.29, 0.717) is 19.6 Å². The van der Waals surface area contributed by atoms with Gasteiger partial charge in [0.1, 0.15) is 0 Å². The second kappa shape index (κ2) is 7.00. The average molecular weight is 265 g/mol. The first-order valence-corrected chi connectivity index (χ1v) is 5.65. The van der Waals surface area contributed by atoms with Gasteiger partial charge in [-0.1, -0.05) is 0 Å². The molecule has 0 unspecified atom stereocenters. The molecule has 102 valence electrons. The lowest BCUT2D eigenvalue weighted by Gasteiger charge is -2.16. The largest absolute Gasteiger partial charge is 0.476 e. The van der Waals surface area contributed by atoms with Gasteiger partial charge in [0.2, 0.25) is 0 Å². The number of aromatic nitrogens is 2. The molecule has 1 rings (SSSR count). The quantitative estimate of drug-likeness (QED) is 0.759. The van der Waals surface area contributed by atoms with Crippen molar-refractivity contribution in [3.8, 4) is 6.07 Å². The molecule has 1 aromatic heterocycles. The van der Waals surface area contributed by atoms with Crippen molar-refractivity contribution in [3.63, 3.8) is 0 Å². The van der Waals surface area contributed by atoms with E-state index < -0.39 is 5.97 Å². The molecule has 1 aromatic rings. The first-order chi connectivity index (χ1) is 9.04. The van der Waals surface area contributed by atoms with Crippen molar-refractivity contribution in [2.75, 3.05) is 20.1 Å². The monoisotopic (exact) mass is 265 g/mol. The fourth-order valence-corrected chi connectivity index (χ4v) is 1.34. The summed E-state index contributed by atoms with van der Waals surface area (Å²) in [4.78, 5) is 27.3. The molecule has 0 aliphatic carbocycles. The zero-order valence-corrected chi connectivity index (χ0v) is 10.5. The van der Waals surface area contributed by atoms with E-state index in [1.54, 1.807) is 11.6 Å². The van der Waals surface area contributed by atoms with Gasteiger partial charge in [-0.3, -0.25) is 0 Å². The van der Waals surface area contributed by atoms with Gasteiger partial charge in [0.05, 0.1) is 18.8 Å². The van der Waals surface area contributed by atoms with Crippen LogP contribution in [0.1, 0.15) is 16.9 Å². The lowest BCUT2D eigenvalue weighted by Crippen LogP contribution is -2.39. The number of amides is 2. The number of urea groups is 1. The number of rotatable bonds is 6. The van der Waals surface area contributed by atoms with Crippen molar-refractivity contribution < 1.29 is 14.7 Å². The highest BCUT2D eigenvalue weighted by Gasteiger charge is 2.08. The van der Waals surface area contributed by atoms with Crippen LogP contribution in [0.15, 0.2) is 12.5 Å². The van der Waals surface area contributed by atoms with Gasteiger partial charge in [0.25, 0.3) is 0 Å². The topological polar surface area (TPSA) is 111 Å². The van der Waals surface area contributed by atoms with Crippen LogP contribution in [0.2, 0.25) is 0 Å². The van der Waals surface area contributed by atoms with E-state index in [1.165, 1.54) is 17.4 Å². The third-order valence-electron chi connectivity index (χ3n) is 2.40. The van der Waals surface area contributed by atoms with E-state index in [0.717, 1.165) is 0 Å². The Morgan fingerprint density at radius 2 is 2.37 bits per heavy atom. The Balaban J connectivity index is 2.31. The van der Waals surface area contributed by atoms with Crippen LogP contribution in [-0.2, 0) is 6.54 Å². The minimum absolute atomic E-state index is 0.0301. The Hall–Kier alpha value is -2.56. The van der Waals surface area contributed by atoms with Gasteiger partial charge in [-0.2, -0.15) is 5.26 Å². The number of nitriles is 1. The number of nitrogens with zero attached hydrogens (tertiary/aromatic N) is 4. The molecule has 8 nitrogen and oxygen atoms in total. The van der Waals surface area contributed by atoms with Crippen LogP contribution in [0.5, 0.6) is 0 Å². The smallest absolute Gasteiger partial charge is 0.356 e. The van der Waals surface area contributed by atoms with Gasteiger partial charge in [0.15, 0.2) is 5.69 Å². The summed E-state index contributed by atoms with van der Waals surface area (Å²) in [6.45, 7) is 1.15. The zero-order valence-electron chi connectivity index (χ0n) is 10.5. The summed E-state index contributed by atoms with van der Waals surface area (Å²) in [6, 6.07) is 1.69. The molecule has 0 radical (unpaired) electrons. The molecule has 0 bridgehead atoms. The predicted octanol–water partition coefficient (Wildman–Crippen LogP) is 0.136. The van der Waals surface area contributed by atoms with Gasteiger partial charge in [-0.25, -0.2) is 14.6 Å². The molecule has 0 saturated heterocycles. The Labute approximate surface area is 110 Å². The van der Waals surface area contributed by atoms with Gasteiger partial charge < -0.3 is 19.9 Å². The number of nitrogens with one attached hydrogen (secondary N) is 1. The maximum atomic E-state index is 11.5. The van der Waals surface area contributed by atoms with Crippen molar-refractivity contribution >= 4 is 12.0 Å². The molecule has 0 spiro atoms. The van der Waals surface area contributed by atoms with Crippen molar-refractivity contribution in [2.45, 2.75) is 13.0 Å². The number of carboxylic acids is 1. The fraction of sp³-hybridized carbons (Fsp3) is 0.455. The van der Waals surface area contributed by atoms with Gasteiger partial charge in [-0.05, 0) is 0 Å². The van der Waals surface area contributed by atoms with E-state index in [2.05, 4.69) is 10.3 Å². The number of hydrogen-bond acceptors (Lipinski definition) is 4. The molecular weight excluding hydrogens is 250 g/mol. The molecule has 0 aliphatic rings. The minimum atomic E-state index is -1.08. The van der Waals surface area contributed by atoms with Gasteiger partial charge >= 0.3 is 12.0 Å². The normalized spacial score (nSPS) is 9.68. The highest BCUT2D eigenvalue weighted by Crippen LogP contribution is 1.95. The summed E-state index contributed by atoms with van der Waals surface area (Å²) in [5.41, 5.74) is -0.0301. The molecule has 0 atom stereocenters. The molecule has 2 amide bonds. The van der Waals surface area contributed by atoms with Crippen molar-refractivity contribution in [3.05, 3.63) is 18.2 Å². The van der Waals surface area contributed by atoms with Crippen LogP contribution in [0, 0.1) is 11.3 Å². The van der Waals surface area contributed by atoms with E-state index >= 15 is 0 Å². The van der Waals surface area contributed by atoms with Crippen molar-refractivity contribution in [1.82, 2.24) is 19.8 Å². The van der Waals surface area contributed by atoms with Crippen molar-refractivity contribution in [2.24, 2.45) is 0 Å². The molecule has 0 saturated carbocycles. The molecule has 0 fully saturated rings. The lowest BCUT2D eigenvalue weighted by atomic mass is 10.4. The number of imidazole rings is 1. The number of carbonyl (C=O) groups excluding carboxylic acids is 1. The Morgan fingerprint density at radius 1 is 1.63 bits per heavy atom. The Kier molecular flexibility index (Phi) is 5.35. The number of aromatic carboxylic acids is 1. The standard InChI is InChI=1S/C11H15N5O3/c1-15(5-2-3-12)11(19)13-4-6-16-7-9(10(17)18)14-8-16/h7-8H,2,4-6H2,1H3,(H,13,19)(H,17,18). The average Bonchev–Trinajstić information content (AvgIpc) is 2.84. The molecule has 1 heterocycles. The predicted molar refractivity (Wildman–Crippen MR) is 65.4 cm³/mol. The zero-order chi connectivity index (χ0) is 14.3.